The summed E-state index contributed by atoms with van der Waals surface area (Å²) in [6.07, 6.45) is 4.31. The first kappa shape index (κ1) is 15.0. The second kappa shape index (κ2) is 5.73. The van der Waals surface area contributed by atoms with Crippen LogP contribution in [0.2, 0.25) is 0 Å². The van der Waals surface area contributed by atoms with E-state index in [9.17, 15) is 8.42 Å². The third kappa shape index (κ3) is 3.16. The van der Waals surface area contributed by atoms with Crippen molar-refractivity contribution >= 4 is 9.84 Å². The molecule has 1 heterocycles. The molecule has 2 aliphatic rings. The van der Waals surface area contributed by atoms with Crippen LogP contribution in [0.15, 0.2) is 30.3 Å². The second-order valence-electron chi connectivity index (χ2n) is 6.63. The van der Waals surface area contributed by atoms with Crippen LogP contribution in [0.5, 0.6) is 0 Å². The zero-order chi connectivity index (χ0) is 14.9. The van der Waals surface area contributed by atoms with E-state index in [1.807, 2.05) is 6.07 Å². The average Bonchev–Trinajstić information content (AvgIpc) is 3.24. The summed E-state index contributed by atoms with van der Waals surface area (Å²) in [5.74, 6) is 0.943. The van der Waals surface area contributed by atoms with Crippen LogP contribution in [-0.2, 0) is 15.3 Å². The minimum Gasteiger partial charge on any atom is -0.313 e. The minimum atomic E-state index is -2.85. The normalized spacial score (nSPS) is 27.4. The minimum absolute atomic E-state index is 0.0482. The van der Waals surface area contributed by atoms with Gasteiger partial charge in [0.1, 0.15) is 0 Å². The van der Waals surface area contributed by atoms with Crippen LogP contribution in [0.25, 0.3) is 0 Å². The van der Waals surface area contributed by atoms with Crippen molar-refractivity contribution in [3.8, 4) is 0 Å². The van der Waals surface area contributed by atoms with Gasteiger partial charge in [-0.15, -0.1) is 0 Å². The highest BCUT2D eigenvalue weighted by molar-refractivity contribution is 7.91. The molecular formula is C17H25NO2S. The lowest BCUT2D eigenvalue weighted by Gasteiger charge is -2.39. The molecule has 3 nitrogen and oxygen atoms in total. The predicted molar refractivity (Wildman–Crippen MR) is 86.2 cm³/mol. The molecule has 2 fully saturated rings. The summed E-state index contributed by atoms with van der Waals surface area (Å²) >= 11 is 0. The Labute approximate surface area is 128 Å². The van der Waals surface area contributed by atoms with E-state index < -0.39 is 9.84 Å². The maximum atomic E-state index is 12.0. The van der Waals surface area contributed by atoms with Gasteiger partial charge >= 0.3 is 0 Å². The lowest BCUT2D eigenvalue weighted by Crippen LogP contribution is -2.45. The number of nitrogens with one attached hydrogen (secondary N) is 1. The maximum Gasteiger partial charge on any atom is 0.150 e. The Balaban J connectivity index is 1.92. The molecule has 1 saturated heterocycles. The molecule has 0 aromatic heterocycles. The number of benzene rings is 1. The van der Waals surface area contributed by atoms with Gasteiger partial charge in [0, 0.05) is 18.0 Å². The van der Waals surface area contributed by atoms with Crippen LogP contribution in [0.4, 0.5) is 0 Å². The molecule has 0 amide bonds. The van der Waals surface area contributed by atoms with Crippen molar-refractivity contribution in [2.24, 2.45) is 5.92 Å². The van der Waals surface area contributed by atoms with Gasteiger partial charge in [-0.1, -0.05) is 37.3 Å². The summed E-state index contributed by atoms with van der Waals surface area (Å²) < 4.78 is 23.9. The fourth-order valence-corrected chi connectivity index (χ4v) is 5.62. The zero-order valence-corrected chi connectivity index (χ0v) is 13.5. The smallest absolute Gasteiger partial charge is 0.150 e. The van der Waals surface area contributed by atoms with E-state index >= 15 is 0 Å². The third-order valence-corrected chi connectivity index (χ3v) is 7.05. The van der Waals surface area contributed by atoms with Crippen molar-refractivity contribution in [3.05, 3.63) is 35.9 Å². The Kier molecular flexibility index (Phi) is 4.10. The number of sulfone groups is 1. The molecule has 0 spiro atoms. The molecule has 1 saturated carbocycles. The summed E-state index contributed by atoms with van der Waals surface area (Å²) in [4.78, 5) is 0. The summed E-state index contributed by atoms with van der Waals surface area (Å²) in [7, 11) is -2.85. The first-order valence-corrected chi connectivity index (χ1v) is 9.87. The number of rotatable bonds is 6. The van der Waals surface area contributed by atoms with Crippen LogP contribution in [-0.4, -0.2) is 32.5 Å². The lowest BCUT2D eigenvalue weighted by atomic mass is 9.68. The SMILES string of the molecule is CCC(CNC1CC1)(c1ccccc1)C1CCS(=O)(=O)C1. The van der Waals surface area contributed by atoms with E-state index in [1.165, 1.54) is 18.4 Å². The molecule has 1 N–H and O–H groups in total. The molecule has 21 heavy (non-hydrogen) atoms. The van der Waals surface area contributed by atoms with Crippen LogP contribution >= 0.6 is 0 Å². The largest absolute Gasteiger partial charge is 0.313 e. The van der Waals surface area contributed by atoms with Gasteiger partial charge in [-0.05, 0) is 37.2 Å². The first-order valence-electron chi connectivity index (χ1n) is 8.05. The van der Waals surface area contributed by atoms with E-state index in [0.717, 1.165) is 19.4 Å². The summed E-state index contributed by atoms with van der Waals surface area (Å²) in [6, 6.07) is 11.2. The first-order chi connectivity index (χ1) is 10.1. The highest BCUT2D eigenvalue weighted by atomic mass is 32.2. The van der Waals surface area contributed by atoms with Crippen molar-refractivity contribution in [2.75, 3.05) is 18.1 Å². The van der Waals surface area contributed by atoms with Gasteiger partial charge in [-0.3, -0.25) is 0 Å². The molecule has 1 aromatic carbocycles. The van der Waals surface area contributed by atoms with Crippen LogP contribution in [0.1, 0.15) is 38.2 Å². The van der Waals surface area contributed by atoms with Gasteiger partial charge in [-0.25, -0.2) is 8.42 Å². The maximum absolute atomic E-state index is 12.0. The van der Waals surface area contributed by atoms with Crippen molar-refractivity contribution in [1.82, 2.24) is 5.32 Å². The second-order valence-corrected chi connectivity index (χ2v) is 8.86. The molecular weight excluding hydrogens is 282 g/mol. The molecule has 3 rings (SSSR count). The summed E-state index contributed by atoms with van der Waals surface area (Å²) in [5, 5.41) is 3.66. The van der Waals surface area contributed by atoms with E-state index in [4.69, 9.17) is 0 Å². The molecule has 116 valence electrons. The van der Waals surface area contributed by atoms with Crippen molar-refractivity contribution in [2.45, 2.75) is 44.1 Å². The van der Waals surface area contributed by atoms with Crippen LogP contribution < -0.4 is 5.32 Å². The molecule has 0 bridgehead atoms. The summed E-state index contributed by atoms with van der Waals surface area (Å²) in [5.41, 5.74) is 1.25. The van der Waals surface area contributed by atoms with Crippen molar-refractivity contribution in [1.29, 1.82) is 0 Å². The zero-order valence-electron chi connectivity index (χ0n) is 12.7. The predicted octanol–water partition coefficient (Wildman–Crippen LogP) is 2.52. The molecule has 0 radical (unpaired) electrons. The third-order valence-electron chi connectivity index (χ3n) is 5.28. The highest BCUT2D eigenvalue weighted by Crippen LogP contribution is 2.41. The van der Waals surface area contributed by atoms with E-state index in [2.05, 4.69) is 36.5 Å². The van der Waals surface area contributed by atoms with Gasteiger partial charge in [0.15, 0.2) is 9.84 Å². The monoisotopic (exact) mass is 307 g/mol. The van der Waals surface area contributed by atoms with E-state index in [-0.39, 0.29) is 11.3 Å². The van der Waals surface area contributed by atoms with Gasteiger partial charge < -0.3 is 5.32 Å². The molecule has 1 aliphatic heterocycles. The highest BCUT2D eigenvalue weighted by Gasteiger charge is 2.45. The Morgan fingerprint density at radius 1 is 1.19 bits per heavy atom. The van der Waals surface area contributed by atoms with E-state index in [0.29, 0.717) is 17.5 Å². The van der Waals surface area contributed by atoms with Gasteiger partial charge in [0.2, 0.25) is 0 Å². The Morgan fingerprint density at radius 3 is 2.43 bits per heavy atom. The molecule has 2 unspecified atom stereocenters. The molecule has 4 heteroatoms. The van der Waals surface area contributed by atoms with Crippen molar-refractivity contribution in [3.63, 3.8) is 0 Å². The Bertz CT molecular complexity index is 580. The number of hydrogen-bond donors (Lipinski definition) is 1. The van der Waals surface area contributed by atoms with Gasteiger partial charge in [0.05, 0.1) is 11.5 Å². The van der Waals surface area contributed by atoms with Crippen LogP contribution in [0, 0.1) is 5.92 Å². The standard InChI is InChI=1S/C17H25NO2S/c1-2-17(13-18-16-8-9-16,14-6-4-3-5-7-14)15-10-11-21(19,20)12-15/h3-7,15-16,18H,2,8-13H2,1H3. The Morgan fingerprint density at radius 2 is 1.90 bits per heavy atom. The summed E-state index contributed by atoms with van der Waals surface area (Å²) in [6.45, 7) is 3.10. The fraction of sp³-hybridized carbons (Fsp3) is 0.647. The van der Waals surface area contributed by atoms with E-state index in [1.54, 1.807) is 0 Å². The van der Waals surface area contributed by atoms with Crippen LogP contribution in [0.3, 0.4) is 0 Å². The lowest BCUT2D eigenvalue weighted by molar-refractivity contribution is 0.266. The quantitative estimate of drug-likeness (QED) is 0.878. The molecule has 1 aromatic rings. The average molecular weight is 307 g/mol. The molecule has 2 atom stereocenters. The van der Waals surface area contributed by atoms with Crippen molar-refractivity contribution < 1.29 is 8.42 Å². The molecule has 1 aliphatic carbocycles. The Hall–Kier alpha value is -0.870. The van der Waals surface area contributed by atoms with Gasteiger partial charge in [0.25, 0.3) is 0 Å². The number of hydrogen-bond acceptors (Lipinski definition) is 3. The fourth-order valence-electron chi connectivity index (χ4n) is 3.71. The van der Waals surface area contributed by atoms with Gasteiger partial charge in [-0.2, -0.15) is 0 Å². The topological polar surface area (TPSA) is 46.2 Å².